The molecule has 2 N–H and O–H groups in total. The Kier molecular flexibility index (Phi) is 2.37. The van der Waals surface area contributed by atoms with Crippen LogP contribution in [0, 0.1) is 0 Å². The molecular formula is C13H12N4O. The Morgan fingerprint density at radius 2 is 1.89 bits per heavy atom. The minimum atomic E-state index is 0.233. The molecule has 0 bridgehead atoms. The molecule has 18 heavy (non-hydrogen) atoms. The molecule has 0 atom stereocenters. The second-order valence-electron chi connectivity index (χ2n) is 3.86. The summed E-state index contributed by atoms with van der Waals surface area (Å²) < 4.78 is 6.95. The highest BCUT2D eigenvalue weighted by Crippen LogP contribution is 2.26. The maximum Gasteiger partial charge on any atom is 0.240 e. The molecule has 0 radical (unpaired) electrons. The van der Waals surface area contributed by atoms with Gasteiger partial charge in [0, 0.05) is 5.56 Å². The minimum absolute atomic E-state index is 0.233. The number of ether oxygens (including phenoxy) is 1. The lowest BCUT2D eigenvalue weighted by Gasteiger charge is -2.06. The molecule has 90 valence electrons. The van der Waals surface area contributed by atoms with Gasteiger partial charge in [-0.05, 0) is 12.1 Å². The van der Waals surface area contributed by atoms with Gasteiger partial charge in [-0.1, -0.05) is 30.3 Å². The van der Waals surface area contributed by atoms with Crippen LogP contribution in [0.3, 0.4) is 0 Å². The molecule has 0 unspecified atom stereocenters. The predicted molar refractivity (Wildman–Crippen MR) is 69.4 cm³/mol. The summed E-state index contributed by atoms with van der Waals surface area (Å²) in [5.41, 5.74) is 8.26. The zero-order valence-electron chi connectivity index (χ0n) is 9.87. The van der Waals surface area contributed by atoms with E-state index in [-0.39, 0.29) is 5.95 Å². The lowest BCUT2D eigenvalue weighted by atomic mass is 10.1. The molecule has 0 aliphatic heterocycles. The van der Waals surface area contributed by atoms with Crippen LogP contribution >= 0.6 is 0 Å². The highest BCUT2D eigenvalue weighted by molar-refractivity contribution is 5.67. The average molecular weight is 240 g/mol. The number of nitrogens with zero attached hydrogens (tertiary/aromatic N) is 3. The Bertz CT molecular complexity index is 691. The van der Waals surface area contributed by atoms with Crippen molar-refractivity contribution in [2.45, 2.75) is 0 Å². The molecule has 0 spiro atoms. The van der Waals surface area contributed by atoms with E-state index in [9.17, 15) is 0 Å². The maximum absolute atomic E-state index is 5.66. The Hall–Kier alpha value is -2.56. The second kappa shape index (κ2) is 4.03. The van der Waals surface area contributed by atoms with Crippen molar-refractivity contribution in [2.24, 2.45) is 0 Å². The molecule has 2 aromatic heterocycles. The molecule has 0 aliphatic carbocycles. The van der Waals surface area contributed by atoms with E-state index >= 15 is 0 Å². The van der Waals surface area contributed by atoms with E-state index in [4.69, 9.17) is 10.5 Å². The van der Waals surface area contributed by atoms with Crippen molar-refractivity contribution in [3.05, 3.63) is 42.5 Å². The van der Waals surface area contributed by atoms with E-state index in [0.717, 1.165) is 11.3 Å². The van der Waals surface area contributed by atoms with Crippen molar-refractivity contribution >= 4 is 11.6 Å². The summed E-state index contributed by atoms with van der Waals surface area (Å²) >= 11 is 0. The number of pyridine rings is 1. The SMILES string of the molecule is COc1ccc(-c2ccccc2)n2nc(N)nc12. The van der Waals surface area contributed by atoms with E-state index in [2.05, 4.69) is 10.1 Å². The van der Waals surface area contributed by atoms with Crippen molar-refractivity contribution < 1.29 is 4.74 Å². The van der Waals surface area contributed by atoms with Gasteiger partial charge in [-0.25, -0.2) is 4.52 Å². The van der Waals surface area contributed by atoms with Crippen LogP contribution in [0.1, 0.15) is 0 Å². The van der Waals surface area contributed by atoms with E-state index < -0.39 is 0 Å². The molecule has 0 amide bonds. The first-order valence-electron chi connectivity index (χ1n) is 5.54. The lowest BCUT2D eigenvalue weighted by Crippen LogP contribution is -1.97. The molecule has 3 aromatic rings. The summed E-state index contributed by atoms with van der Waals surface area (Å²) in [6.45, 7) is 0. The van der Waals surface area contributed by atoms with E-state index in [1.807, 2.05) is 42.5 Å². The third kappa shape index (κ3) is 1.57. The average Bonchev–Trinajstić information content (AvgIpc) is 2.80. The summed E-state index contributed by atoms with van der Waals surface area (Å²) in [5.74, 6) is 0.885. The predicted octanol–water partition coefficient (Wildman–Crippen LogP) is 1.99. The monoisotopic (exact) mass is 240 g/mol. The molecular weight excluding hydrogens is 228 g/mol. The molecule has 0 fully saturated rings. The van der Waals surface area contributed by atoms with Crippen LogP contribution in [0.15, 0.2) is 42.5 Å². The normalized spacial score (nSPS) is 10.7. The molecule has 1 aromatic carbocycles. The first-order chi connectivity index (χ1) is 8.79. The van der Waals surface area contributed by atoms with Gasteiger partial charge in [-0.3, -0.25) is 0 Å². The van der Waals surface area contributed by atoms with Gasteiger partial charge in [0.15, 0.2) is 11.4 Å². The number of rotatable bonds is 2. The molecule has 5 heteroatoms. The molecule has 5 nitrogen and oxygen atoms in total. The number of aromatic nitrogens is 3. The van der Waals surface area contributed by atoms with Crippen LogP contribution in [-0.2, 0) is 0 Å². The Balaban J connectivity index is 2.31. The maximum atomic E-state index is 5.66. The zero-order valence-corrected chi connectivity index (χ0v) is 9.87. The van der Waals surface area contributed by atoms with Gasteiger partial charge in [0.05, 0.1) is 12.8 Å². The number of hydrogen-bond donors (Lipinski definition) is 1. The number of anilines is 1. The van der Waals surface area contributed by atoms with Gasteiger partial charge < -0.3 is 10.5 Å². The fraction of sp³-hybridized carbons (Fsp3) is 0.0769. The topological polar surface area (TPSA) is 65.4 Å². The summed E-state index contributed by atoms with van der Waals surface area (Å²) in [6, 6.07) is 13.8. The zero-order chi connectivity index (χ0) is 12.5. The summed E-state index contributed by atoms with van der Waals surface area (Å²) in [4.78, 5) is 4.17. The number of nitrogen functional groups attached to an aromatic ring is 1. The number of fused-ring (bicyclic) bond motifs is 1. The van der Waals surface area contributed by atoms with Gasteiger partial charge in [-0.15, -0.1) is 5.10 Å². The van der Waals surface area contributed by atoms with Crippen LogP contribution in [0.4, 0.5) is 5.95 Å². The summed E-state index contributed by atoms with van der Waals surface area (Å²) in [7, 11) is 1.60. The fourth-order valence-corrected chi connectivity index (χ4v) is 1.94. The number of methoxy groups -OCH3 is 1. The Morgan fingerprint density at radius 3 is 2.61 bits per heavy atom. The van der Waals surface area contributed by atoms with Crippen molar-refractivity contribution in [1.82, 2.24) is 14.6 Å². The highest BCUT2D eigenvalue weighted by Gasteiger charge is 2.11. The third-order valence-electron chi connectivity index (χ3n) is 2.75. The van der Waals surface area contributed by atoms with Crippen LogP contribution in [0.2, 0.25) is 0 Å². The van der Waals surface area contributed by atoms with E-state index in [1.54, 1.807) is 11.6 Å². The van der Waals surface area contributed by atoms with Crippen molar-refractivity contribution in [1.29, 1.82) is 0 Å². The third-order valence-corrected chi connectivity index (χ3v) is 2.75. The Labute approximate surface area is 104 Å². The molecule has 0 saturated carbocycles. The van der Waals surface area contributed by atoms with Gasteiger partial charge in [0.1, 0.15) is 0 Å². The summed E-state index contributed by atoms with van der Waals surface area (Å²) in [6.07, 6.45) is 0. The van der Waals surface area contributed by atoms with Crippen molar-refractivity contribution in [3.63, 3.8) is 0 Å². The van der Waals surface area contributed by atoms with Gasteiger partial charge >= 0.3 is 0 Å². The van der Waals surface area contributed by atoms with E-state index in [1.165, 1.54) is 0 Å². The number of hydrogen-bond acceptors (Lipinski definition) is 4. The van der Waals surface area contributed by atoms with Gasteiger partial charge in [0.25, 0.3) is 0 Å². The van der Waals surface area contributed by atoms with E-state index in [0.29, 0.717) is 11.4 Å². The van der Waals surface area contributed by atoms with Crippen molar-refractivity contribution in [2.75, 3.05) is 12.8 Å². The quantitative estimate of drug-likeness (QED) is 0.744. The van der Waals surface area contributed by atoms with Gasteiger partial charge in [-0.2, -0.15) is 4.98 Å². The second-order valence-corrected chi connectivity index (χ2v) is 3.86. The van der Waals surface area contributed by atoms with Crippen molar-refractivity contribution in [3.8, 4) is 17.0 Å². The molecule has 2 heterocycles. The minimum Gasteiger partial charge on any atom is -0.493 e. The van der Waals surface area contributed by atoms with Crippen LogP contribution < -0.4 is 10.5 Å². The highest BCUT2D eigenvalue weighted by atomic mass is 16.5. The number of nitrogens with two attached hydrogens (primary N) is 1. The van der Waals surface area contributed by atoms with Crippen LogP contribution in [0.25, 0.3) is 16.9 Å². The standard InChI is InChI=1S/C13H12N4O/c1-18-11-8-7-10(9-5-3-2-4-6-9)17-12(11)15-13(14)16-17/h2-8H,1H3,(H2,14,16). The number of benzene rings is 1. The molecule has 0 aliphatic rings. The first kappa shape index (κ1) is 10.6. The smallest absolute Gasteiger partial charge is 0.240 e. The summed E-state index contributed by atoms with van der Waals surface area (Å²) in [5, 5.41) is 4.20. The largest absolute Gasteiger partial charge is 0.493 e. The van der Waals surface area contributed by atoms with Gasteiger partial charge in [0.2, 0.25) is 5.95 Å². The molecule has 3 rings (SSSR count). The first-order valence-corrected chi connectivity index (χ1v) is 5.54. The fourth-order valence-electron chi connectivity index (χ4n) is 1.94. The van der Waals surface area contributed by atoms with Crippen LogP contribution in [0.5, 0.6) is 5.75 Å². The lowest BCUT2D eigenvalue weighted by molar-refractivity contribution is 0.416. The van der Waals surface area contributed by atoms with Crippen LogP contribution in [-0.4, -0.2) is 21.7 Å². The molecule has 0 saturated heterocycles. The Morgan fingerprint density at radius 1 is 1.11 bits per heavy atom.